The molecule has 0 fully saturated rings. The lowest BCUT2D eigenvalue weighted by Gasteiger charge is -2.17. The molecule has 0 atom stereocenters. The van der Waals surface area contributed by atoms with Gasteiger partial charge in [0.25, 0.3) is 5.91 Å². The first-order valence-electron chi connectivity index (χ1n) is 8.53. The van der Waals surface area contributed by atoms with Crippen LogP contribution < -0.4 is 15.2 Å². The van der Waals surface area contributed by atoms with Gasteiger partial charge >= 0.3 is 6.18 Å². The van der Waals surface area contributed by atoms with Crippen LogP contribution in [-0.2, 0) is 16.2 Å². The van der Waals surface area contributed by atoms with Crippen LogP contribution in [0.2, 0.25) is 0 Å². The number of benzene rings is 3. The highest BCUT2D eigenvalue weighted by atomic mass is 32.2. The van der Waals surface area contributed by atoms with Gasteiger partial charge in [0.2, 0.25) is 10.0 Å². The molecule has 0 aliphatic carbocycles. The molecule has 0 unspecified atom stereocenters. The zero-order chi connectivity index (χ0) is 22.8. The molecule has 3 aromatic carbocycles. The summed E-state index contributed by atoms with van der Waals surface area (Å²) in [4.78, 5) is 12.4. The van der Waals surface area contributed by atoms with Gasteiger partial charge in [0, 0.05) is 5.69 Å². The predicted molar refractivity (Wildman–Crippen MR) is 104 cm³/mol. The lowest BCUT2D eigenvalue weighted by atomic mass is 10.1. The van der Waals surface area contributed by atoms with Crippen molar-refractivity contribution >= 4 is 21.6 Å². The second kappa shape index (κ2) is 8.36. The van der Waals surface area contributed by atoms with E-state index in [4.69, 9.17) is 9.88 Å². The van der Waals surface area contributed by atoms with Gasteiger partial charge in [-0.25, -0.2) is 17.9 Å². The van der Waals surface area contributed by atoms with E-state index in [-0.39, 0.29) is 16.3 Å². The Morgan fingerprint density at radius 3 is 2.23 bits per heavy atom. The van der Waals surface area contributed by atoms with Crippen LogP contribution in [0.1, 0.15) is 15.9 Å². The molecule has 0 heterocycles. The molecule has 0 aliphatic rings. The number of carbonyl (C=O) groups is 1. The van der Waals surface area contributed by atoms with Crippen LogP contribution in [0.15, 0.2) is 71.6 Å². The van der Waals surface area contributed by atoms with Crippen molar-refractivity contribution in [1.29, 1.82) is 0 Å². The molecule has 11 heteroatoms. The number of rotatable bonds is 5. The summed E-state index contributed by atoms with van der Waals surface area (Å²) in [7, 11) is -4.06. The third-order valence-electron chi connectivity index (χ3n) is 4.02. The van der Waals surface area contributed by atoms with Crippen molar-refractivity contribution < 1.29 is 35.5 Å². The molecule has 0 radical (unpaired) electrons. The number of nitrogens with one attached hydrogen (secondary N) is 1. The largest absolute Gasteiger partial charge is 0.456 e. The minimum Gasteiger partial charge on any atom is -0.456 e. The average Bonchev–Trinajstić information content (AvgIpc) is 2.68. The van der Waals surface area contributed by atoms with E-state index in [0.717, 1.165) is 48.5 Å². The Labute approximate surface area is 174 Å². The fourth-order valence-corrected chi connectivity index (χ4v) is 3.18. The van der Waals surface area contributed by atoms with Crippen molar-refractivity contribution in [2.45, 2.75) is 11.1 Å². The summed E-state index contributed by atoms with van der Waals surface area (Å²) in [5.41, 5.74) is -1.70. The number of primary sulfonamides is 1. The Bertz CT molecular complexity index is 1230. The van der Waals surface area contributed by atoms with Gasteiger partial charge in [0.05, 0.1) is 16.0 Å². The molecule has 0 aromatic heterocycles. The molecule has 3 rings (SSSR count). The number of ether oxygens (including phenoxy) is 1. The Kier molecular flexibility index (Phi) is 6.00. The molecule has 3 N–H and O–H groups in total. The molecule has 162 valence electrons. The monoisotopic (exact) mass is 454 g/mol. The van der Waals surface area contributed by atoms with Crippen LogP contribution in [0.5, 0.6) is 11.5 Å². The number of nitrogens with two attached hydrogens (primary N) is 1. The standard InChI is InChI=1S/C20H14F4N2O4S/c21-12-7-9-14(10-8-12)30-18-16(5-2-6-17(18)20(22,23)24)19(27)26-13-3-1-4-15(11-13)31(25,28)29/h1-11H,(H,26,27)(H2,25,28,29). The second-order valence-corrected chi connectivity index (χ2v) is 7.82. The van der Waals surface area contributed by atoms with Gasteiger partial charge in [0.1, 0.15) is 11.6 Å². The summed E-state index contributed by atoms with van der Waals surface area (Å²) in [6, 6.07) is 12.0. The number of anilines is 1. The lowest BCUT2D eigenvalue weighted by Crippen LogP contribution is -2.17. The maximum atomic E-state index is 13.5. The predicted octanol–water partition coefficient (Wildman–Crippen LogP) is 4.54. The molecule has 3 aromatic rings. The van der Waals surface area contributed by atoms with Crippen molar-refractivity contribution in [2.75, 3.05) is 5.32 Å². The summed E-state index contributed by atoms with van der Waals surface area (Å²) in [6.45, 7) is 0. The number of carbonyl (C=O) groups excluding carboxylic acids is 1. The summed E-state index contributed by atoms with van der Waals surface area (Å²) >= 11 is 0. The molecule has 0 saturated heterocycles. The van der Waals surface area contributed by atoms with Gasteiger partial charge in [-0.05, 0) is 54.6 Å². The van der Waals surface area contributed by atoms with Crippen molar-refractivity contribution in [3.8, 4) is 11.5 Å². The number of alkyl halides is 3. The van der Waals surface area contributed by atoms with E-state index in [2.05, 4.69) is 5.32 Å². The summed E-state index contributed by atoms with van der Waals surface area (Å²) in [5, 5.41) is 7.36. The lowest BCUT2D eigenvalue weighted by molar-refractivity contribution is -0.138. The van der Waals surface area contributed by atoms with Crippen LogP contribution in [0.25, 0.3) is 0 Å². The van der Waals surface area contributed by atoms with Crippen LogP contribution >= 0.6 is 0 Å². The smallest absolute Gasteiger partial charge is 0.420 e. The zero-order valence-corrected chi connectivity index (χ0v) is 16.3. The van der Waals surface area contributed by atoms with E-state index in [1.165, 1.54) is 18.2 Å². The number of halogens is 4. The minimum absolute atomic E-state index is 0.0123. The van der Waals surface area contributed by atoms with Crippen LogP contribution in [0.3, 0.4) is 0 Å². The average molecular weight is 454 g/mol. The Morgan fingerprint density at radius 1 is 0.968 bits per heavy atom. The maximum Gasteiger partial charge on any atom is 0.420 e. The SMILES string of the molecule is NS(=O)(=O)c1cccc(NC(=O)c2cccc(C(F)(F)F)c2Oc2ccc(F)cc2)c1. The van der Waals surface area contributed by atoms with E-state index >= 15 is 0 Å². The number of hydrogen-bond acceptors (Lipinski definition) is 4. The highest BCUT2D eigenvalue weighted by Crippen LogP contribution is 2.40. The molecule has 0 bridgehead atoms. The van der Waals surface area contributed by atoms with Crippen molar-refractivity contribution in [1.82, 2.24) is 0 Å². The molecule has 0 spiro atoms. The summed E-state index contributed by atoms with van der Waals surface area (Å²) in [6.07, 6.45) is -4.85. The number of amides is 1. The van der Waals surface area contributed by atoms with E-state index in [1.54, 1.807) is 0 Å². The topological polar surface area (TPSA) is 98.5 Å². The quantitative estimate of drug-likeness (QED) is 0.553. The molecule has 31 heavy (non-hydrogen) atoms. The molecular formula is C20H14F4N2O4S. The summed E-state index contributed by atoms with van der Waals surface area (Å²) < 4.78 is 81.9. The van der Waals surface area contributed by atoms with Crippen LogP contribution in [0, 0.1) is 5.82 Å². The Hall–Kier alpha value is -3.44. The first kappa shape index (κ1) is 22.2. The fraction of sp³-hybridized carbons (Fsp3) is 0.0500. The highest BCUT2D eigenvalue weighted by molar-refractivity contribution is 7.89. The van der Waals surface area contributed by atoms with Crippen molar-refractivity contribution in [2.24, 2.45) is 5.14 Å². The normalized spacial score (nSPS) is 11.8. The van der Waals surface area contributed by atoms with Gasteiger partial charge in [-0.2, -0.15) is 13.2 Å². The van der Waals surface area contributed by atoms with Crippen molar-refractivity contribution in [3.05, 3.63) is 83.7 Å². The van der Waals surface area contributed by atoms with E-state index in [1.807, 2.05) is 0 Å². The third-order valence-corrected chi connectivity index (χ3v) is 4.93. The number of sulfonamides is 1. The molecular weight excluding hydrogens is 440 g/mol. The van der Waals surface area contributed by atoms with Gasteiger partial charge < -0.3 is 10.1 Å². The van der Waals surface area contributed by atoms with E-state index < -0.39 is 44.8 Å². The van der Waals surface area contributed by atoms with Crippen LogP contribution in [-0.4, -0.2) is 14.3 Å². The molecule has 1 amide bonds. The molecule has 0 saturated carbocycles. The number of hydrogen-bond donors (Lipinski definition) is 2. The first-order chi connectivity index (χ1) is 14.4. The summed E-state index contributed by atoms with van der Waals surface area (Å²) in [5.74, 6) is -2.52. The van der Waals surface area contributed by atoms with Gasteiger partial charge in [-0.15, -0.1) is 0 Å². The van der Waals surface area contributed by atoms with Crippen LogP contribution in [0.4, 0.5) is 23.2 Å². The van der Waals surface area contributed by atoms with Gasteiger partial charge in [-0.3, -0.25) is 4.79 Å². The van der Waals surface area contributed by atoms with Gasteiger partial charge in [0.15, 0.2) is 5.75 Å². The minimum atomic E-state index is -4.85. The fourth-order valence-electron chi connectivity index (χ4n) is 2.62. The number of para-hydroxylation sites is 1. The Balaban J connectivity index is 2.02. The van der Waals surface area contributed by atoms with Gasteiger partial charge in [-0.1, -0.05) is 12.1 Å². The van der Waals surface area contributed by atoms with E-state index in [0.29, 0.717) is 0 Å². The van der Waals surface area contributed by atoms with Crippen molar-refractivity contribution in [3.63, 3.8) is 0 Å². The van der Waals surface area contributed by atoms with E-state index in [9.17, 15) is 30.8 Å². The first-order valence-corrected chi connectivity index (χ1v) is 10.1. The maximum absolute atomic E-state index is 13.5. The Morgan fingerprint density at radius 2 is 1.61 bits per heavy atom. The molecule has 6 nitrogen and oxygen atoms in total. The zero-order valence-electron chi connectivity index (χ0n) is 15.5. The second-order valence-electron chi connectivity index (χ2n) is 6.26. The highest BCUT2D eigenvalue weighted by Gasteiger charge is 2.36. The molecule has 0 aliphatic heterocycles. The third kappa shape index (κ3) is 5.38.